The highest BCUT2D eigenvalue weighted by Gasteiger charge is 2.34. The maximum atomic E-state index is 12.1. The van der Waals surface area contributed by atoms with Crippen molar-refractivity contribution in [2.24, 2.45) is 0 Å². The summed E-state index contributed by atoms with van der Waals surface area (Å²) in [5.74, 6) is -1.07. The lowest BCUT2D eigenvalue weighted by Crippen LogP contribution is -2.45. The quantitative estimate of drug-likeness (QED) is 0.830. The van der Waals surface area contributed by atoms with Gasteiger partial charge in [0, 0.05) is 0 Å². The van der Waals surface area contributed by atoms with E-state index in [2.05, 4.69) is 0 Å². The zero-order valence-electron chi connectivity index (χ0n) is 13.9. The fourth-order valence-electron chi connectivity index (χ4n) is 2.46. The summed E-state index contributed by atoms with van der Waals surface area (Å²) < 4.78 is 15.8. The lowest BCUT2D eigenvalue weighted by molar-refractivity contribution is -0.0900. The molecule has 1 heterocycles. The van der Waals surface area contributed by atoms with E-state index in [1.54, 1.807) is 60.7 Å². The molecule has 0 aromatic heterocycles. The highest BCUT2D eigenvalue weighted by Crippen LogP contribution is 2.18. The summed E-state index contributed by atoms with van der Waals surface area (Å²) in [4.78, 5) is 24.1. The van der Waals surface area contributed by atoms with Crippen molar-refractivity contribution in [3.63, 3.8) is 0 Å². The molecule has 3 rings (SSSR count). The first-order valence-corrected chi connectivity index (χ1v) is 8.13. The Hall–Kier alpha value is -3.12. The number of hydrogen-bond acceptors (Lipinski definition) is 6. The van der Waals surface area contributed by atoms with Crippen molar-refractivity contribution in [3.8, 4) is 0 Å². The van der Waals surface area contributed by atoms with Crippen LogP contribution in [0.5, 0.6) is 0 Å². The molecule has 2 aromatic carbocycles. The third-order valence-corrected chi connectivity index (χ3v) is 3.88. The normalized spacial score (nSPS) is 21.5. The van der Waals surface area contributed by atoms with Crippen LogP contribution >= 0.6 is 0 Å². The molecule has 6 nitrogen and oxygen atoms in total. The Morgan fingerprint density at radius 3 is 2.12 bits per heavy atom. The van der Waals surface area contributed by atoms with Crippen LogP contribution in [0, 0.1) is 0 Å². The summed E-state index contributed by atoms with van der Waals surface area (Å²) >= 11 is 0. The van der Waals surface area contributed by atoms with Gasteiger partial charge in [-0.25, -0.2) is 9.59 Å². The molecule has 0 saturated carbocycles. The van der Waals surface area contributed by atoms with E-state index in [0.29, 0.717) is 11.1 Å². The first kappa shape index (κ1) is 17.7. The molecule has 0 unspecified atom stereocenters. The largest absolute Gasteiger partial charge is 0.492 e. The van der Waals surface area contributed by atoms with Gasteiger partial charge in [0.15, 0.2) is 12.2 Å². The predicted octanol–water partition coefficient (Wildman–Crippen LogP) is 2.34. The van der Waals surface area contributed by atoms with Crippen molar-refractivity contribution in [1.29, 1.82) is 0 Å². The van der Waals surface area contributed by atoms with Crippen LogP contribution in [0.2, 0.25) is 0 Å². The summed E-state index contributed by atoms with van der Waals surface area (Å²) in [5.41, 5.74) is 0.784. The van der Waals surface area contributed by atoms with Crippen LogP contribution in [0.3, 0.4) is 0 Å². The van der Waals surface area contributed by atoms with Crippen LogP contribution in [0.4, 0.5) is 0 Å². The van der Waals surface area contributed by atoms with E-state index in [9.17, 15) is 14.7 Å². The van der Waals surface area contributed by atoms with Gasteiger partial charge in [-0.15, -0.1) is 0 Å². The molecule has 3 atom stereocenters. The van der Waals surface area contributed by atoms with E-state index in [0.717, 1.165) is 0 Å². The smallest absolute Gasteiger partial charge is 0.338 e. The van der Waals surface area contributed by atoms with Crippen LogP contribution in [0.1, 0.15) is 20.7 Å². The molecular formula is C20H18O6. The third kappa shape index (κ3) is 4.29. The highest BCUT2D eigenvalue weighted by molar-refractivity contribution is 5.90. The number of aliphatic hydroxyl groups excluding tert-OH is 1. The molecule has 0 spiro atoms. The molecule has 0 bridgehead atoms. The van der Waals surface area contributed by atoms with Gasteiger partial charge in [0.1, 0.15) is 12.7 Å². The summed E-state index contributed by atoms with van der Waals surface area (Å²) in [6.45, 7) is -0.168. The minimum atomic E-state index is -1.16. The second kappa shape index (κ2) is 8.31. The minimum Gasteiger partial charge on any atom is -0.492 e. The number of esters is 2. The van der Waals surface area contributed by atoms with Gasteiger partial charge in [-0.05, 0) is 30.3 Å². The van der Waals surface area contributed by atoms with Crippen molar-refractivity contribution >= 4 is 11.9 Å². The van der Waals surface area contributed by atoms with Gasteiger partial charge in [-0.3, -0.25) is 0 Å². The van der Waals surface area contributed by atoms with Crippen molar-refractivity contribution in [2.75, 3.05) is 6.61 Å². The molecule has 6 heteroatoms. The lowest BCUT2D eigenvalue weighted by atomic mass is 10.1. The maximum absolute atomic E-state index is 12.1. The SMILES string of the molecule is O=C(OC[C@H]1OC=C[C@H](OC(=O)c2ccccc2)[C@@H]1O)c1ccccc1. The summed E-state index contributed by atoms with van der Waals surface area (Å²) in [5, 5.41) is 10.4. The number of rotatable bonds is 5. The number of ether oxygens (including phenoxy) is 3. The zero-order chi connectivity index (χ0) is 18.4. The van der Waals surface area contributed by atoms with Gasteiger partial charge in [-0.2, -0.15) is 0 Å². The molecule has 1 aliphatic rings. The molecule has 0 aliphatic carbocycles. The average Bonchev–Trinajstić information content (AvgIpc) is 2.69. The predicted molar refractivity (Wildman–Crippen MR) is 92.4 cm³/mol. The van der Waals surface area contributed by atoms with E-state index in [-0.39, 0.29) is 6.61 Å². The van der Waals surface area contributed by atoms with E-state index >= 15 is 0 Å². The van der Waals surface area contributed by atoms with E-state index in [1.165, 1.54) is 12.3 Å². The standard InChI is InChI=1S/C20H18O6/c21-18-16(26-20(23)15-9-5-2-6-10-15)11-12-24-17(18)13-25-19(22)14-7-3-1-4-8-14/h1-12,16-18,21H,13H2/t16-,17+,18-/m0/s1. The molecule has 0 radical (unpaired) electrons. The van der Waals surface area contributed by atoms with Crippen LogP contribution in [-0.4, -0.2) is 42.0 Å². The van der Waals surface area contributed by atoms with Crippen molar-refractivity contribution in [3.05, 3.63) is 84.1 Å². The Kier molecular flexibility index (Phi) is 5.66. The Morgan fingerprint density at radius 1 is 0.923 bits per heavy atom. The fourth-order valence-corrected chi connectivity index (χ4v) is 2.46. The average molecular weight is 354 g/mol. The Balaban J connectivity index is 1.56. The van der Waals surface area contributed by atoms with Crippen LogP contribution in [0.25, 0.3) is 0 Å². The van der Waals surface area contributed by atoms with Gasteiger partial charge in [-0.1, -0.05) is 36.4 Å². The molecule has 26 heavy (non-hydrogen) atoms. The lowest BCUT2D eigenvalue weighted by Gasteiger charge is -2.30. The third-order valence-electron chi connectivity index (χ3n) is 3.88. The van der Waals surface area contributed by atoms with E-state index in [1.807, 2.05) is 0 Å². The van der Waals surface area contributed by atoms with Gasteiger partial charge >= 0.3 is 11.9 Å². The van der Waals surface area contributed by atoms with Gasteiger partial charge in [0.25, 0.3) is 0 Å². The molecule has 2 aromatic rings. The minimum absolute atomic E-state index is 0.168. The molecule has 0 saturated heterocycles. The molecule has 0 fully saturated rings. The maximum Gasteiger partial charge on any atom is 0.338 e. The Bertz CT molecular complexity index is 771. The van der Waals surface area contributed by atoms with Gasteiger partial charge < -0.3 is 19.3 Å². The second-order valence-corrected chi connectivity index (χ2v) is 5.69. The highest BCUT2D eigenvalue weighted by atomic mass is 16.6. The van der Waals surface area contributed by atoms with Crippen LogP contribution in [0.15, 0.2) is 73.0 Å². The summed E-state index contributed by atoms with van der Waals surface area (Å²) in [6, 6.07) is 17.0. The number of benzene rings is 2. The summed E-state index contributed by atoms with van der Waals surface area (Å²) in [6.07, 6.45) is -0.105. The van der Waals surface area contributed by atoms with Crippen LogP contribution in [-0.2, 0) is 14.2 Å². The summed E-state index contributed by atoms with van der Waals surface area (Å²) in [7, 11) is 0. The molecule has 134 valence electrons. The Morgan fingerprint density at radius 2 is 1.50 bits per heavy atom. The molecule has 1 aliphatic heterocycles. The monoisotopic (exact) mass is 354 g/mol. The van der Waals surface area contributed by atoms with E-state index < -0.39 is 30.3 Å². The number of hydrogen-bond donors (Lipinski definition) is 1. The number of carbonyl (C=O) groups is 2. The molecule has 0 amide bonds. The number of carbonyl (C=O) groups excluding carboxylic acids is 2. The van der Waals surface area contributed by atoms with Crippen LogP contribution < -0.4 is 0 Å². The first-order chi connectivity index (χ1) is 12.6. The number of aliphatic hydroxyl groups is 1. The second-order valence-electron chi connectivity index (χ2n) is 5.69. The van der Waals surface area contributed by atoms with Gasteiger partial charge in [0.2, 0.25) is 0 Å². The first-order valence-electron chi connectivity index (χ1n) is 8.13. The van der Waals surface area contributed by atoms with E-state index in [4.69, 9.17) is 14.2 Å². The van der Waals surface area contributed by atoms with Crippen molar-refractivity contribution < 1.29 is 28.9 Å². The van der Waals surface area contributed by atoms with Gasteiger partial charge in [0.05, 0.1) is 17.4 Å². The van der Waals surface area contributed by atoms with Crippen molar-refractivity contribution in [2.45, 2.75) is 18.3 Å². The Labute approximate surface area is 150 Å². The molecule has 1 N–H and O–H groups in total. The topological polar surface area (TPSA) is 82.1 Å². The molecular weight excluding hydrogens is 336 g/mol. The fraction of sp³-hybridized carbons (Fsp3) is 0.200. The van der Waals surface area contributed by atoms with Crippen molar-refractivity contribution in [1.82, 2.24) is 0 Å². The zero-order valence-corrected chi connectivity index (χ0v) is 13.9.